The minimum atomic E-state index is -0.425. The van der Waals surface area contributed by atoms with E-state index >= 15 is 0 Å². The molecule has 0 radical (unpaired) electrons. The van der Waals surface area contributed by atoms with Crippen LogP contribution < -0.4 is 10.1 Å². The molecule has 1 rings (SSSR count). The second-order valence-corrected chi connectivity index (χ2v) is 5.15. The Morgan fingerprint density at radius 3 is 2.58 bits per heavy atom. The molecule has 0 fully saturated rings. The van der Waals surface area contributed by atoms with E-state index in [2.05, 4.69) is 5.32 Å². The predicted molar refractivity (Wildman–Crippen MR) is 75.4 cm³/mol. The normalized spacial score (nSPS) is 14.0. The van der Waals surface area contributed by atoms with Crippen molar-refractivity contribution in [1.82, 2.24) is 5.32 Å². The van der Waals surface area contributed by atoms with Crippen LogP contribution >= 0.6 is 0 Å². The average molecular weight is 265 g/mol. The summed E-state index contributed by atoms with van der Waals surface area (Å²) in [5.74, 6) is 0.535. The predicted octanol–water partition coefficient (Wildman–Crippen LogP) is 2.36. The van der Waals surface area contributed by atoms with Crippen molar-refractivity contribution in [3.8, 4) is 5.75 Å². The van der Waals surface area contributed by atoms with E-state index in [4.69, 9.17) is 4.74 Å². The van der Waals surface area contributed by atoms with Gasteiger partial charge in [-0.1, -0.05) is 6.07 Å². The zero-order valence-corrected chi connectivity index (χ0v) is 12.0. The first-order valence-electron chi connectivity index (χ1n) is 6.64. The number of nitrogens with one attached hydrogen (secondary N) is 1. The molecule has 2 unspecified atom stereocenters. The molecule has 1 aromatic rings. The third-order valence-electron chi connectivity index (χ3n) is 2.54. The van der Waals surface area contributed by atoms with Crippen molar-refractivity contribution in [2.24, 2.45) is 0 Å². The van der Waals surface area contributed by atoms with Crippen LogP contribution in [0.5, 0.6) is 5.75 Å². The minimum absolute atomic E-state index is 0.0674. The molecule has 106 valence electrons. The fourth-order valence-corrected chi connectivity index (χ4v) is 1.86. The lowest BCUT2D eigenvalue weighted by Gasteiger charge is -2.16. The maximum Gasteiger partial charge on any atom is 0.251 e. The molecule has 0 saturated heterocycles. The lowest BCUT2D eigenvalue weighted by molar-refractivity contribution is 0.0922. The quantitative estimate of drug-likeness (QED) is 0.830. The fourth-order valence-electron chi connectivity index (χ4n) is 1.86. The molecular weight excluding hydrogens is 242 g/mol. The first kappa shape index (κ1) is 15.5. The number of carbonyl (C=O) groups is 1. The number of benzene rings is 1. The van der Waals surface area contributed by atoms with Gasteiger partial charge < -0.3 is 15.2 Å². The number of amides is 1. The van der Waals surface area contributed by atoms with Crippen molar-refractivity contribution >= 4 is 5.91 Å². The second kappa shape index (κ2) is 7.14. The largest absolute Gasteiger partial charge is 0.491 e. The molecular formula is C15H23NO3. The number of aliphatic hydroxyl groups excluding tert-OH is 1. The highest BCUT2D eigenvalue weighted by Crippen LogP contribution is 2.15. The number of carbonyl (C=O) groups excluding carboxylic acids is 1. The highest BCUT2D eigenvalue weighted by atomic mass is 16.5. The van der Waals surface area contributed by atoms with Gasteiger partial charge >= 0.3 is 0 Å². The number of ether oxygens (including phenoxy) is 1. The summed E-state index contributed by atoms with van der Waals surface area (Å²) in [7, 11) is 0. The van der Waals surface area contributed by atoms with Gasteiger partial charge in [-0.2, -0.15) is 0 Å². The van der Waals surface area contributed by atoms with E-state index in [1.165, 1.54) is 0 Å². The molecule has 0 aliphatic rings. The summed E-state index contributed by atoms with van der Waals surface area (Å²) in [5, 5.41) is 12.1. The van der Waals surface area contributed by atoms with Gasteiger partial charge in [0.2, 0.25) is 0 Å². The summed E-state index contributed by atoms with van der Waals surface area (Å²) in [6.45, 7) is 7.47. The van der Waals surface area contributed by atoms with E-state index < -0.39 is 6.10 Å². The Morgan fingerprint density at radius 2 is 2.00 bits per heavy atom. The SMILES string of the molecule is CC(O)CC(C)NC(=O)c1cccc(OC(C)C)c1. The Bertz CT molecular complexity index is 416. The molecule has 0 aromatic heterocycles. The maximum absolute atomic E-state index is 12.0. The number of aliphatic hydroxyl groups is 1. The van der Waals surface area contributed by atoms with Gasteiger partial charge in [0.25, 0.3) is 5.91 Å². The molecule has 4 heteroatoms. The summed E-state index contributed by atoms with van der Waals surface area (Å²) in [6, 6.07) is 7.03. The smallest absolute Gasteiger partial charge is 0.251 e. The highest BCUT2D eigenvalue weighted by molar-refractivity contribution is 5.94. The van der Waals surface area contributed by atoms with Crippen LogP contribution in [0.25, 0.3) is 0 Å². The van der Waals surface area contributed by atoms with Gasteiger partial charge in [0.1, 0.15) is 5.75 Å². The Morgan fingerprint density at radius 1 is 1.32 bits per heavy atom. The van der Waals surface area contributed by atoms with Crippen LogP contribution in [0.3, 0.4) is 0 Å². The van der Waals surface area contributed by atoms with Crippen LogP contribution in [-0.2, 0) is 0 Å². The summed E-state index contributed by atoms with van der Waals surface area (Å²) >= 11 is 0. The van der Waals surface area contributed by atoms with E-state index in [-0.39, 0.29) is 18.1 Å². The number of rotatable bonds is 6. The van der Waals surface area contributed by atoms with Gasteiger partial charge in [-0.15, -0.1) is 0 Å². The minimum Gasteiger partial charge on any atom is -0.491 e. The molecule has 2 atom stereocenters. The molecule has 1 aromatic carbocycles. The molecule has 0 bridgehead atoms. The monoisotopic (exact) mass is 265 g/mol. The summed E-state index contributed by atoms with van der Waals surface area (Å²) < 4.78 is 5.55. The van der Waals surface area contributed by atoms with Crippen LogP contribution in [-0.4, -0.2) is 29.3 Å². The van der Waals surface area contributed by atoms with Gasteiger partial charge in [0, 0.05) is 11.6 Å². The van der Waals surface area contributed by atoms with Crippen molar-refractivity contribution in [2.75, 3.05) is 0 Å². The molecule has 0 heterocycles. The van der Waals surface area contributed by atoms with Crippen molar-refractivity contribution < 1.29 is 14.6 Å². The topological polar surface area (TPSA) is 58.6 Å². The van der Waals surface area contributed by atoms with Gasteiger partial charge in [0.05, 0.1) is 12.2 Å². The zero-order valence-electron chi connectivity index (χ0n) is 12.0. The Balaban J connectivity index is 2.66. The average Bonchev–Trinajstić information content (AvgIpc) is 2.27. The van der Waals surface area contributed by atoms with Crippen LogP contribution in [0.1, 0.15) is 44.5 Å². The number of hydrogen-bond acceptors (Lipinski definition) is 3. The molecule has 0 spiro atoms. The highest BCUT2D eigenvalue weighted by Gasteiger charge is 2.12. The third-order valence-corrected chi connectivity index (χ3v) is 2.54. The zero-order chi connectivity index (χ0) is 14.4. The second-order valence-electron chi connectivity index (χ2n) is 5.15. The van der Waals surface area contributed by atoms with E-state index in [1.807, 2.05) is 26.8 Å². The molecule has 0 saturated carbocycles. The van der Waals surface area contributed by atoms with E-state index in [0.717, 1.165) is 0 Å². The molecule has 1 amide bonds. The van der Waals surface area contributed by atoms with Gasteiger partial charge in [0.15, 0.2) is 0 Å². The van der Waals surface area contributed by atoms with Crippen LogP contribution in [0.4, 0.5) is 0 Å². The van der Waals surface area contributed by atoms with E-state index in [1.54, 1.807) is 25.1 Å². The van der Waals surface area contributed by atoms with Crippen molar-refractivity contribution in [2.45, 2.75) is 52.4 Å². The van der Waals surface area contributed by atoms with Crippen molar-refractivity contribution in [3.05, 3.63) is 29.8 Å². The summed E-state index contributed by atoms with van der Waals surface area (Å²) in [5.41, 5.74) is 0.565. The van der Waals surface area contributed by atoms with Gasteiger partial charge in [-0.05, 0) is 52.3 Å². The first-order chi connectivity index (χ1) is 8.88. The molecule has 0 aliphatic carbocycles. The first-order valence-corrected chi connectivity index (χ1v) is 6.64. The van der Waals surface area contributed by atoms with Crippen LogP contribution in [0.15, 0.2) is 24.3 Å². The Hall–Kier alpha value is -1.55. The van der Waals surface area contributed by atoms with Gasteiger partial charge in [-0.25, -0.2) is 0 Å². The Kier molecular flexibility index (Phi) is 5.83. The standard InChI is InChI=1S/C15H23NO3/c1-10(2)19-14-7-5-6-13(9-14)15(18)16-11(3)8-12(4)17/h5-7,9-12,17H,8H2,1-4H3,(H,16,18). The van der Waals surface area contributed by atoms with E-state index in [9.17, 15) is 9.90 Å². The lowest BCUT2D eigenvalue weighted by Crippen LogP contribution is -2.34. The summed E-state index contributed by atoms with van der Waals surface area (Å²) in [6.07, 6.45) is 0.187. The maximum atomic E-state index is 12.0. The summed E-state index contributed by atoms with van der Waals surface area (Å²) in [4.78, 5) is 12.0. The lowest BCUT2D eigenvalue weighted by atomic mass is 10.1. The van der Waals surface area contributed by atoms with E-state index in [0.29, 0.717) is 17.7 Å². The van der Waals surface area contributed by atoms with Crippen LogP contribution in [0.2, 0.25) is 0 Å². The third kappa shape index (κ3) is 5.75. The van der Waals surface area contributed by atoms with Crippen molar-refractivity contribution in [1.29, 1.82) is 0 Å². The fraction of sp³-hybridized carbons (Fsp3) is 0.533. The molecule has 0 aliphatic heterocycles. The molecule has 19 heavy (non-hydrogen) atoms. The van der Waals surface area contributed by atoms with Crippen LogP contribution in [0, 0.1) is 0 Å². The number of hydrogen-bond donors (Lipinski definition) is 2. The van der Waals surface area contributed by atoms with Gasteiger partial charge in [-0.3, -0.25) is 4.79 Å². The van der Waals surface area contributed by atoms with Crippen molar-refractivity contribution in [3.63, 3.8) is 0 Å². The molecule has 4 nitrogen and oxygen atoms in total. The Labute approximate surface area is 114 Å². The molecule has 2 N–H and O–H groups in total.